The molecule has 31 heavy (non-hydrogen) atoms. The zero-order valence-corrected chi connectivity index (χ0v) is 18.1. The van der Waals surface area contributed by atoms with E-state index >= 15 is 0 Å². The van der Waals surface area contributed by atoms with Gasteiger partial charge >= 0.3 is 0 Å². The maximum atomic E-state index is 13.1. The number of aromatic nitrogens is 4. The molecule has 3 aromatic heterocycles. The Morgan fingerprint density at radius 1 is 1.06 bits per heavy atom. The second kappa shape index (κ2) is 8.73. The Kier molecular flexibility index (Phi) is 5.86. The number of amides is 1. The summed E-state index contributed by atoms with van der Waals surface area (Å²) in [6.07, 6.45) is 5.02. The van der Waals surface area contributed by atoms with Crippen molar-refractivity contribution in [2.45, 2.75) is 33.5 Å². The Morgan fingerprint density at radius 3 is 2.55 bits per heavy atom. The maximum Gasteiger partial charge on any atom is 0.276 e. The van der Waals surface area contributed by atoms with Gasteiger partial charge in [-0.25, -0.2) is 4.68 Å². The SMILES string of the molecule is Cc1c2cnn(CC(=O)NCc3cccnc3)c(=O)c2c(C)n1Cc1ccc(Cl)cc1. The standard InChI is InChI=1S/C23H22ClN5O2/c1-15-20-12-27-29(14-21(30)26-11-18-4-3-9-25-10-18)23(31)22(20)16(2)28(15)13-17-5-7-19(24)8-6-17/h3-10,12H,11,13-14H2,1-2H3,(H,26,30). The van der Waals surface area contributed by atoms with Gasteiger partial charge in [-0.15, -0.1) is 0 Å². The van der Waals surface area contributed by atoms with Gasteiger partial charge < -0.3 is 9.88 Å². The fourth-order valence-electron chi connectivity index (χ4n) is 3.66. The largest absolute Gasteiger partial charge is 0.350 e. The van der Waals surface area contributed by atoms with E-state index in [0.717, 1.165) is 27.9 Å². The number of nitrogens with zero attached hydrogens (tertiary/aromatic N) is 4. The zero-order chi connectivity index (χ0) is 22.0. The number of benzene rings is 1. The molecule has 4 aromatic rings. The molecule has 0 unspecified atom stereocenters. The van der Waals surface area contributed by atoms with Crippen LogP contribution >= 0.6 is 11.6 Å². The maximum absolute atomic E-state index is 13.1. The molecule has 0 radical (unpaired) electrons. The quantitative estimate of drug-likeness (QED) is 0.504. The average Bonchev–Trinajstić information content (AvgIpc) is 3.01. The number of carbonyl (C=O) groups is 1. The van der Waals surface area contributed by atoms with Gasteiger partial charge in [0.2, 0.25) is 5.91 Å². The van der Waals surface area contributed by atoms with Crippen LogP contribution in [-0.2, 0) is 24.4 Å². The molecule has 7 nitrogen and oxygen atoms in total. The van der Waals surface area contributed by atoms with E-state index in [0.29, 0.717) is 23.5 Å². The predicted molar refractivity (Wildman–Crippen MR) is 120 cm³/mol. The van der Waals surface area contributed by atoms with E-state index in [1.54, 1.807) is 24.7 Å². The third-order valence-electron chi connectivity index (χ3n) is 5.36. The lowest BCUT2D eigenvalue weighted by atomic mass is 10.2. The minimum absolute atomic E-state index is 0.143. The van der Waals surface area contributed by atoms with Gasteiger partial charge in [0.05, 0.1) is 11.6 Å². The molecular weight excluding hydrogens is 414 g/mol. The third-order valence-corrected chi connectivity index (χ3v) is 5.62. The Balaban J connectivity index is 1.58. The van der Waals surface area contributed by atoms with Crippen LogP contribution in [0.15, 0.2) is 59.8 Å². The molecule has 0 saturated heterocycles. The Bertz CT molecular complexity index is 1290. The van der Waals surface area contributed by atoms with Gasteiger partial charge in [-0.2, -0.15) is 5.10 Å². The molecule has 0 bridgehead atoms. The smallest absolute Gasteiger partial charge is 0.276 e. The molecule has 1 amide bonds. The highest BCUT2D eigenvalue weighted by Crippen LogP contribution is 2.23. The summed E-state index contributed by atoms with van der Waals surface area (Å²) in [4.78, 5) is 29.5. The zero-order valence-electron chi connectivity index (χ0n) is 17.3. The van der Waals surface area contributed by atoms with E-state index in [1.807, 2.05) is 44.2 Å². The number of nitrogens with one attached hydrogen (secondary N) is 1. The number of fused-ring (bicyclic) bond motifs is 1. The number of rotatable bonds is 6. The number of aryl methyl sites for hydroxylation is 2. The van der Waals surface area contributed by atoms with E-state index < -0.39 is 0 Å². The van der Waals surface area contributed by atoms with Crippen molar-refractivity contribution in [2.24, 2.45) is 0 Å². The lowest BCUT2D eigenvalue weighted by molar-refractivity contribution is -0.122. The van der Waals surface area contributed by atoms with Crippen molar-refractivity contribution in [2.75, 3.05) is 0 Å². The highest BCUT2D eigenvalue weighted by atomic mass is 35.5. The number of pyridine rings is 1. The van der Waals surface area contributed by atoms with Crippen LogP contribution in [0.5, 0.6) is 0 Å². The van der Waals surface area contributed by atoms with Gasteiger partial charge in [-0.1, -0.05) is 29.8 Å². The van der Waals surface area contributed by atoms with Crippen LogP contribution in [0.1, 0.15) is 22.5 Å². The van der Waals surface area contributed by atoms with Gasteiger partial charge in [-0.05, 0) is 43.2 Å². The van der Waals surface area contributed by atoms with Gasteiger partial charge in [0, 0.05) is 47.3 Å². The number of hydrogen-bond donors (Lipinski definition) is 1. The van der Waals surface area contributed by atoms with Crippen molar-refractivity contribution in [3.05, 3.63) is 92.9 Å². The summed E-state index contributed by atoms with van der Waals surface area (Å²) in [6, 6.07) is 11.3. The molecule has 0 atom stereocenters. The first-order chi connectivity index (χ1) is 14.9. The van der Waals surface area contributed by atoms with Crippen molar-refractivity contribution in [1.82, 2.24) is 24.6 Å². The van der Waals surface area contributed by atoms with Crippen molar-refractivity contribution in [1.29, 1.82) is 0 Å². The van der Waals surface area contributed by atoms with Crippen molar-refractivity contribution < 1.29 is 4.79 Å². The fourth-order valence-corrected chi connectivity index (χ4v) is 3.79. The highest BCUT2D eigenvalue weighted by molar-refractivity contribution is 6.30. The fraction of sp³-hybridized carbons (Fsp3) is 0.217. The average molecular weight is 436 g/mol. The molecule has 1 N–H and O–H groups in total. The van der Waals surface area contributed by atoms with Crippen molar-refractivity contribution >= 4 is 28.3 Å². The highest BCUT2D eigenvalue weighted by Gasteiger charge is 2.17. The van der Waals surface area contributed by atoms with Gasteiger partial charge in [0.15, 0.2) is 0 Å². The van der Waals surface area contributed by atoms with E-state index in [2.05, 4.69) is 20.0 Å². The summed E-state index contributed by atoms with van der Waals surface area (Å²) in [5, 5.41) is 9.10. The van der Waals surface area contributed by atoms with E-state index in [4.69, 9.17) is 11.6 Å². The number of hydrogen-bond acceptors (Lipinski definition) is 4. The summed E-state index contributed by atoms with van der Waals surface area (Å²) in [5.74, 6) is -0.284. The molecule has 158 valence electrons. The Labute approximate surface area is 184 Å². The molecule has 3 heterocycles. The van der Waals surface area contributed by atoms with Crippen molar-refractivity contribution in [3.8, 4) is 0 Å². The minimum Gasteiger partial charge on any atom is -0.350 e. The molecule has 8 heteroatoms. The molecule has 0 aliphatic rings. The predicted octanol–water partition coefficient (Wildman–Crippen LogP) is 3.23. The van der Waals surface area contributed by atoms with Crippen LogP contribution in [0.2, 0.25) is 5.02 Å². The monoisotopic (exact) mass is 435 g/mol. The van der Waals surface area contributed by atoms with Crippen LogP contribution in [0, 0.1) is 13.8 Å². The third kappa shape index (κ3) is 4.36. The summed E-state index contributed by atoms with van der Waals surface area (Å²) >= 11 is 5.98. The molecule has 4 rings (SSSR count). The van der Waals surface area contributed by atoms with Gasteiger partial charge in [0.1, 0.15) is 6.54 Å². The minimum atomic E-state index is -0.284. The summed E-state index contributed by atoms with van der Waals surface area (Å²) < 4.78 is 3.30. The second-order valence-electron chi connectivity index (χ2n) is 7.42. The molecule has 0 aliphatic carbocycles. The van der Waals surface area contributed by atoms with Crippen LogP contribution in [0.4, 0.5) is 0 Å². The normalized spacial score (nSPS) is 11.1. The molecule has 0 fully saturated rings. The first-order valence-electron chi connectivity index (χ1n) is 9.89. The number of carbonyl (C=O) groups excluding carboxylic acids is 1. The lowest BCUT2D eigenvalue weighted by Crippen LogP contribution is -2.33. The summed E-state index contributed by atoms with van der Waals surface area (Å²) in [5.41, 5.74) is 3.50. The second-order valence-corrected chi connectivity index (χ2v) is 7.85. The molecule has 0 aliphatic heterocycles. The summed E-state index contributed by atoms with van der Waals surface area (Å²) in [7, 11) is 0. The first kappa shape index (κ1) is 20.8. The molecule has 0 spiro atoms. The Morgan fingerprint density at radius 2 is 1.84 bits per heavy atom. The molecule has 1 aromatic carbocycles. The van der Waals surface area contributed by atoms with Gasteiger partial charge in [0.25, 0.3) is 5.56 Å². The van der Waals surface area contributed by atoms with E-state index in [1.165, 1.54) is 4.68 Å². The van der Waals surface area contributed by atoms with Crippen LogP contribution in [-0.4, -0.2) is 25.2 Å². The molecular formula is C23H22ClN5O2. The first-order valence-corrected chi connectivity index (χ1v) is 10.3. The van der Waals surface area contributed by atoms with Crippen LogP contribution in [0.3, 0.4) is 0 Å². The van der Waals surface area contributed by atoms with E-state index in [9.17, 15) is 9.59 Å². The summed E-state index contributed by atoms with van der Waals surface area (Å²) in [6.45, 7) is 4.71. The lowest BCUT2D eigenvalue weighted by Gasteiger charge is -2.09. The topological polar surface area (TPSA) is 81.8 Å². The van der Waals surface area contributed by atoms with Crippen molar-refractivity contribution in [3.63, 3.8) is 0 Å². The van der Waals surface area contributed by atoms with Crippen LogP contribution in [0.25, 0.3) is 10.8 Å². The Hall–Kier alpha value is -3.45. The van der Waals surface area contributed by atoms with Crippen LogP contribution < -0.4 is 10.9 Å². The van der Waals surface area contributed by atoms with Gasteiger partial charge in [-0.3, -0.25) is 14.6 Å². The molecule has 0 saturated carbocycles. The van der Waals surface area contributed by atoms with E-state index in [-0.39, 0.29) is 18.0 Å². The number of halogens is 1.